The maximum Gasteiger partial charge on any atom is 0.420 e. The van der Waals surface area contributed by atoms with Crippen molar-refractivity contribution in [2.75, 3.05) is 5.73 Å². The molecule has 178 valence electrons. The molecule has 0 radical (unpaired) electrons. The fraction of sp³-hybridized carbons (Fsp3) is 0.0870. The normalized spacial score (nSPS) is 11.7. The highest BCUT2D eigenvalue weighted by Gasteiger charge is 2.35. The summed E-state index contributed by atoms with van der Waals surface area (Å²) >= 11 is 0. The number of furan rings is 1. The first-order valence-corrected chi connectivity index (χ1v) is 9.97. The summed E-state index contributed by atoms with van der Waals surface area (Å²) in [5.41, 5.74) is 4.51. The van der Waals surface area contributed by atoms with Crippen LogP contribution >= 0.6 is 0 Å². The van der Waals surface area contributed by atoms with E-state index in [-0.39, 0.29) is 34.6 Å². The number of rotatable bonds is 6. The highest BCUT2D eigenvalue weighted by Crippen LogP contribution is 2.38. The number of pyridine rings is 1. The number of nitrogens with one attached hydrogen (secondary N) is 1. The smallest absolute Gasteiger partial charge is 0.420 e. The van der Waals surface area contributed by atoms with E-state index in [0.717, 1.165) is 18.5 Å². The van der Waals surface area contributed by atoms with Gasteiger partial charge in [-0.2, -0.15) is 13.2 Å². The first-order chi connectivity index (χ1) is 16.6. The third kappa shape index (κ3) is 5.43. The molecule has 0 aliphatic heterocycles. The third-order valence-electron chi connectivity index (χ3n) is 4.80. The van der Waals surface area contributed by atoms with E-state index >= 15 is 0 Å². The number of hydrogen-bond donors (Lipinski definition) is 3. The molecule has 0 fully saturated rings. The van der Waals surface area contributed by atoms with Gasteiger partial charge in [0.1, 0.15) is 17.2 Å². The Hall–Kier alpha value is -4.74. The van der Waals surface area contributed by atoms with Gasteiger partial charge >= 0.3 is 12.1 Å². The SMILES string of the molecule is Nc1ccc(/C=C/C(=O)NCc2cc3cc(-c4ncc(C(=O)O)cn4)cc(C(F)(F)F)c3o2)cn1. The Labute approximate surface area is 195 Å². The molecule has 1 aromatic carbocycles. The molecule has 0 saturated carbocycles. The number of carboxylic acids is 1. The molecule has 0 saturated heterocycles. The van der Waals surface area contributed by atoms with Gasteiger partial charge in [-0.1, -0.05) is 0 Å². The second-order valence-corrected chi connectivity index (χ2v) is 7.32. The molecule has 0 atom stereocenters. The van der Waals surface area contributed by atoms with E-state index in [0.29, 0.717) is 11.4 Å². The van der Waals surface area contributed by atoms with Gasteiger partial charge in [0.05, 0.1) is 17.7 Å². The quantitative estimate of drug-likeness (QED) is 0.350. The van der Waals surface area contributed by atoms with E-state index in [4.69, 9.17) is 15.3 Å². The van der Waals surface area contributed by atoms with Crippen LogP contribution in [-0.4, -0.2) is 31.9 Å². The lowest BCUT2D eigenvalue weighted by atomic mass is 10.1. The fourth-order valence-corrected chi connectivity index (χ4v) is 3.14. The number of fused-ring (bicyclic) bond motifs is 1. The zero-order chi connectivity index (χ0) is 25.2. The fourth-order valence-electron chi connectivity index (χ4n) is 3.14. The molecule has 4 N–H and O–H groups in total. The number of amides is 1. The minimum absolute atomic E-state index is 0.0261. The molecule has 3 aromatic heterocycles. The monoisotopic (exact) mass is 483 g/mol. The van der Waals surface area contributed by atoms with Crippen molar-refractivity contribution in [3.63, 3.8) is 0 Å². The Morgan fingerprint density at radius 3 is 2.46 bits per heavy atom. The van der Waals surface area contributed by atoms with Crippen LogP contribution in [-0.2, 0) is 17.5 Å². The predicted octanol–water partition coefficient (Wildman–Crippen LogP) is 3.91. The maximum atomic E-state index is 13.7. The molecule has 35 heavy (non-hydrogen) atoms. The van der Waals surface area contributed by atoms with Crippen LogP contribution in [0.3, 0.4) is 0 Å². The number of aromatic carboxylic acids is 1. The van der Waals surface area contributed by atoms with Crippen molar-refractivity contribution in [2.24, 2.45) is 0 Å². The Balaban J connectivity index is 1.57. The number of carbonyl (C=O) groups is 2. The minimum atomic E-state index is -4.75. The zero-order valence-corrected chi connectivity index (χ0v) is 17.7. The number of anilines is 1. The van der Waals surface area contributed by atoms with E-state index < -0.39 is 29.2 Å². The Bertz CT molecular complexity index is 1430. The second kappa shape index (κ2) is 9.25. The van der Waals surface area contributed by atoms with Gasteiger partial charge in [0, 0.05) is 35.6 Å². The topological polar surface area (TPSA) is 144 Å². The van der Waals surface area contributed by atoms with Crippen LogP contribution in [0.25, 0.3) is 28.4 Å². The number of aromatic nitrogens is 3. The molecule has 0 spiro atoms. The summed E-state index contributed by atoms with van der Waals surface area (Å²) in [5, 5.41) is 11.6. The molecule has 0 unspecified atom stereocenters. The molecular weight excluding hydrogens is 467 g/mol. The highest BCUT2D eigenvalue weighted by molar-refractivity contribution is 5.92. The van der Waals surface area contributed by atoms with Crippen LogP contribution in [0.15, 0.2) is 59.4 Å². The highest BCUT2D eigenvalue weighted by atomic mass is 19.4. The summed E-state index contributed by atoms with van der Waals surface area (Å²) in [4.78, 5) is 34.7. The van der Waals surface area contributed by atoms with Gasteiger partial charge in [-0.05, 0) is 42.0 Å². The summed E-state index contributed by atoms with van der Waals surface area (Å²) in [6.07, 6.45) is 1.49. The lowest BCUT2D eigenvalue weighted by Gasteiger charge is -2.09. The first-order valence-electron chi connectivity index (χ1n) is 9.97. The molecule has 1 amide bonds. The molecule has 4 aromatic rings. The standard InChI is InChI=1S/C23H16F3N5O4/c24-23(25,26)17-7-14(21-30-9-15(10-31-21)22(33)34)5-13-6-16(35-20(13)17)11-29-19(32)4-2-12-1-3-18(27)28-8-12/h1-10H,11H2,(H2,27,28)(H,29,32)(H,33,34)/b4-2+. The molecule has 0 aliphatic rings. The number of carboxylic acid groups (broad SMARTS) is 1. The van der Waals surface area contributed by atoms with E-state index in [1.165, 1.54) is 30.5 Å². The lowest BCUT2D eigenvalue weighted by molar-refractivity contribution is -0.136. The number of carbonyl (C=O) groups excluding carboxylic acids is 1. The molecule has 3 heterocycles. The average Bonchev–Trinajstić information content (AvgIpc) is 3.24. The molecule has 9 nitrogen and oxygen atoms in total. The van der Waals surface area contributed by atoms with E-state index in [9.17, 15) is 22.8 Å². The average molecular weight is 483 g/mol. The molecule has 0 aliphatic carbocycles. The molecule has 4 rings (SSSR count). The number of nitrogens with zero attached hydrogens (tertiary/aromatic N) is 3. The largest absolute Gasteiger partial charge is 0.478 e. The second-order valence-electron chi connectivity index (χ2n) is 7.32. The summed E-state index contributed by atoms with van der Waals surface area (Å²) in [6.45, 7) is -0.158. The van der Waals surface area contributed by atoms with Crippen LogP contribution in [0, 0.1) is 0 Å². The van der Waals surface area contributed by atoms with Gasteiger partial charge in [-0.3, -0.25) is 4.79 Å². The van der Waals surface area contributed by atoms with E-state index in [2.05, 4.69) is 20.3 Å². The number of alkyl halides is 3. The number of benzene rings is 1. The summed E-state index contributed by atoms with van der Waals surface area (Å²) in [5.74, 6) is -1.40. The van der Waals surface area contributed by atoms with Gasteiger partial charge < -0.3 is 20.6 Å². The number of halogens is 3. The Morgan fingerprint density at radius 1 is 1.09 bits per heavy atom. The van der Waals surface area contributed by atoms with Gasteiger partial charge in [-0.15, -0.1) is 0 Å². The van der Waals surface area contributed by atoms with Crippen LogP contribution in [0.4, 0.5) is 19.0 Å². The van der Waals surface area contributed by atoms with Crippen molar-refractivity contribution < 1.29 is 32.3 Å². The van der Waals surface area contributed by atoms with Crippen molar-refractivity contribution >= 4 is 34.7 Å². The first kappa shape index (κ1) is 23.4. The van der Waals surface area contributed by atoms with Crippen molar-refractivity contribution in [1.82, 2.24) is 20.3 Å². The lowest BCUT2D eigenvalue weighted by Crippen LogP contribution is -2.19. The van der Waals surface area contributed by atoms with Crippen LogP contribution < -0.4 is 11.1 Å². The van der Waals surface area contributed by atoms with Crippen molar-refractivity contribution in [2.45, 2.75) is 12.7 Å². The van der Waals surface area contributed by atoms with Gasteiger partial charge in [-0.25, -0.2) is 19.7 Å². The summed E-state index contributed by atoms with van der Waals surface area (Å²) in [7, 11) is 0. The number of nitrogens with two attached hydrogens (primary N) is 1. The van der Waals surface area contributed by atoms with Gasteiger partial charge in [0.2, 0.25) is 5.91 Å². The van der Waals surface area contributed by atoms with Crippen molar-refractivity contribution in [3.05, 3.63) is 77.4 Å². The summed E-state index contributed by atoms with van der Waals surface area (Å²) in [6, 6.07) is 6.83. The van der Waals surface area contributed by atoms with Crippen molar-refractivity contribution in [3.8, 4) is 11.4 Å². The van der Waals surface area contributed by atoms with E-state index in [1.807, 2.05) is 0 Å². The molecular formula is C23H16F3N5O4. The minimum Gasteiger partial charge on any atom is -0.478 e. The Morgan fingerprint density at radius 2 is 1.83 bits per heavy atom. The predicted molar refractivity (Wildman–Crippen MR) is 119 cm³/mol. The maximum absolute atomic E-state index is 13.7. The van der Waals surface area contributed by atoms with E-state index in [1.54, 1.807) is 12.1 Å². The molecule has 0 bridgehead atoms. The number of nitrogen functional groups attached to an aromatic ring is 1. The van der Waals surface area contributed by atoms with Gasteiger partial charge in [0.15, 0.2) is 5.82 Å². The number of hydrogen-bond acceptors (Lipinski definition) is 7. The van der Waals surface area contributed by atoms with Crippen molar-refractivity contribution in [1.29, 1.82) is 0 Å². The summed E-state index contributed by atoms with van der Waals surface area (Å²) < 4.78 is 46.6. The van der Waals surface area contributed by atoms with Crippen LogP contribution in [0.1, 0.15) is 27.2 Å². The zero-order valence-electron chi connectivity index (χ0n) is 17.7. The van der Waals surface area contributed by atoms with Gasteiger partial charge in [0.25, 0.3) is 0 Å². The van der Waals surface area contributed by atoms with Crippen LogP contribution in [0.2, 0.25) is 0 Å². The van der Waals surface area contributed by atoms with Crippen LogP contribution in [0.5, 0.6) is 0 Å². The Kier molecular flexibility index (Phi) is 6.19. The molecule has 12 heteroatoms. The third-order valence-corrected chi connectivity index (χ3v) is 4.80.